The van der Waals surface area contributed by atoms with E-state index in [9.17, 15) is 4.39 Å². The van der Waals surface area contributed by atoms with Crippen LogP contribution in [-0.2, 0) is 19.4 Å². The maximum atomic E-state index is 13.0. The lowest BCUT2D eigenvalue weighted by Gasteiger charge is -2.21. The van der Waals surface area contributed by atoms with Crippen molar-refractivity contribution in [3.63, 3.8) is 0 Å². The molecule has 0 saturated heterocycles. The summed E-state index contributed by atoms with van der Waals surface area (Å²) in [4.78, 5) is 4.67. The van der Waals surface area contributed by atoms with E-state index in [1.165, 1.54) is 23.5 Å². The van der Waals surface area contributed by atoms with Gasteiger partial charge in [0.15, 0.2) is 0 Å². The molecule has 20 heavy (non-hydrogen) atoms. The molecule has 0 aliphatic carbocycles. The number of nitrogens with one attached hydrogen (secondary N) is 1. The van der Waals surface area contributed by atoms with Crippen molar-refractivity contribution in [2.24, 2.45) is 0 Å². The maximum Gasteiger partial charge on any atom is 0.123 e. The number of halogens is 1. The second kappa shape index (κ2) is 5.37. The molecule has 1 unspecified atom stereocenters. The molecule has 2 heterocycles. The van der Waals surface area contributed by atoms with Gasteiger partial charge < -0.3 is 9.88 Å². The van der Waals surface area contributed by atoms with Crippen molar-refractivity contribution in [3.8, 4) is 0 Å². The monoisotopic (exact) mass is 273 g/mol. The van der Waals surface area contributed by atoms with Crippen LogP contribution in [0.3, 0.4) is 0 Å². The molecule has 3 rings (SSSR count). The molecule has 1 N–H and O–H groups in total. The molecule has 2 aromatic rings. The molecule has 3 nitrogen and oxygen atoms in total. The molecule has 1 aromatic heterocycles. The number of nitrogens with zero attached hydrogens (tertiary/aromatic N) is 2. The fraction of sp³-hybridized carbons (Fsp3) is 0.438. The van der Waals surface area contributed by atoms with Gasteiger partial charge in [0.05, 0.1) is 5.69 Å². The second-order valence-corrected chi connectivity index (χ2v) is 5.53. The van der Waals surface area contributed by atoms with E-state index >= 15 is 0 Å². The lowest BCUT2D eigenvalue weighted by Crippen LogP contribution is -2.26. The number of aryl methyl sites for hydroxylation is 1. The van der Waals surface area contributed by atoms with E-state index in [1.54, 1.807) is 0 Å². The first-order valence-corrected chi connectivity index (χ1v) is 7.17. The molecule has 0 fully saturated rings. The highest BCUT2D eigenvalue weighted by Gasteiger charge is 2.20. The predicted molar refractivity (Wildman–Crippen MR) is 77.2 cm³/mol. The highest BCUT2D eigenvalue weighted by molar-refractivity contribution is 5.22. The standard InChI is InChI=1S/C16H20FN3/c1-11(9-13-3-5-14(17)6-4-13)20-12(2)19-15-10-18-8-7-16(15)20/h3-6,11,18H,7-10H2,1-2H3. The van der Waals surface area contributed by atoms with Crippen LogP contribution in [0.1, 0.15) is 35.7 Å². The highest BCUT2D eigenvalue weighted by Crippen LogP contribution is 2.23. The first-order valence-electron chi connectivity index (χ1n) is 7.17. The van der Waals surface area contributed by atoms with Gasteiger partial charge in [0.2, 0.25) is 0 Å². The van der Waals surface area contributed by atoms with Crippen molar-refractivity contribution < 1.29 is 4.39 Å². The predicted octanol–water partition coefficient (Wildman–Crippen LogP) is 2.78. The first-order chi connectivity index (χ1) is 9.65. The molecule has 1 aliphatic heterocycles. The van der Waals surface area contributed by atoms with Crippen LogP contribution in [0.2, 0.25) is 0 Å². The minimum Gasteiger partial charge on any atom is -0.329 e. The summed E-state index contributed by atoms with van der Waals surface area (Å²) in [5, 5.41) is 3.36. The van der Waals surface area contributed by atoms with Crippen molar-refractivity contribution >= 4 is 0 Å². The van der Waals surface area contributed by atoms with Gasteiger partial charge >= 0.3 is 0 Å². The summed E-state index contributed by atoms with van der Waals surface area (Å²) in [6.45, 7) is 6.16. The number of benzene rings is 1. The van der Waals surface area contributed by atoms with Crippen molar-refractivity contribution in [1.29, 1.82) is 0 Å². The van der Waals surface area contributed by atoms with Gasteiger partial charge in [-0.05, 0) is 38.0 Å². The van der Waals surface area contributed by atoms with Crippen LogP contribution >= 0.6 is 0 Å². The van der Waals surface area contributed by atoms with E-state index in [0.717, 1.165) is 37.3 Å². The van der Waals surface area contributed by atoms with Crippen LogP contribution in [0.5, 0.6) is 0 Å². The summed E-state index contributed by atoms with van der Waals surface area (Å²) in [5.41, 5.74) is 3.70. The second-order valence-electron chi connectivity index (χ2n) is 5.53. The Kier molecular flexibility index (Phi) is 3.57. The third-order valence-corrected chi connectivity index (χ3v) is 3.99. The zero-order valence-corrected chi connectivity index (χ0v) is 12.0. The van der Waals surface area contributed by atoms with E-state index < -0.39 is 0 Å². The molecule has 4 heteroatoms. The van der Waals surface area contributed by atoms with Crippen LogP contribution in [0, 0.1) is 12.7 Å². The van der Waals surface area contributed by atoms with Gasteiger partial charge in [0.25, 0.3) is 0 Å². The highest BCUT2D eigenvalue weighted by atomic mass is 19.1. The van der Waals surface area contributed by atoms with Crippen molar-refractivity contribution in [2.75, 3.05) is 6.54 Å². The fourth-order valence-electron chi connectivity index (χ4n) is 3.11. The summed E-state index contributed by atoms with van der Waals surface area (Å²) in [5.74, 6) is 0.900. The van der Waals surface area contributed by atoms with E-state index in [4.69, 9.17) is 0 Å². The van der Waals surface area contributed by atoms with Crippen molar-refractivity contribution in [3.05, 3.63) is 52.9 Å². The lowest BCUT2D eigenvalue weighted by molar-refractivity contribution is 0.497. The van der Waals surface area contributed by atoms with Gasteiger partial charge in [-0.25, -0.2) is 9.37 Å². The number of hydrogen-bond acceptors (Lipinski definition) is 2. The third-order valence-electron chi connectivity index (χ3n) is 3.99. The molecule has 0 amide bonds. The number of rotatable bonds is 3. The Hall–Kier alpha value is -1.68. The van der Waals surface area contributed by atoms with Crippen molar-refractivity contribution in [1.82, 2.24) is 14.9 Å². The molecule has 106 valence electrons. The maximum absolute atomic E-state index is 13.0. The van der Waals surface area contributed by atoms with Crippen LogP contribution in [0.4, 0.5) is 4.39 Å². The topological polar surface area (TPSA) is 29.9 Å². The first kappa shape index (κ1) is 13.3. The van der Waals surface area contributed by atoms with Crippen LogP contribution in [0.15, 0.2) is 24.3 Å². The van der Waals surface area contributed by atoms with Crippen LogP contribution < -0.4 is 5.32 Å². The lowest BCUT2D eigenvalue weighted by atomic mass is 10.1. The van der Waals surface area contributed by atoms with E-state index in [-0.39, 0.29) is 5.82 Å². The van der Waals surface area contributed by atoms with Gasteiger partial charge in [-0.3, -0.25) is 0 Å². The van der Waals surface area contributed by atoms with Crippen LogP contribution in [-0.4, -0.2) is 16.1 Å². The average Bonchev–Trinajstić information content (AvgIpc) is 2.77. The molecule has 0 saturated carbocycles. The number of imidazole rings is 1. The van der Waals surface area contributed by atoms with Gasteiger partial charge in [-0.15, -0.1) is 0 Å². The number of fused-ring (bicyclic) bond motifs is 1. The fourth-order valence-corrected chi connectivity index (χ4v) is 3.11. The Morgan fingerprint density at radius 2 is 2.10 bits per heavy atom. The summed E-state index contributed by atoms with van der Waals surface area (Å²) < 4.78 is 15.3. The number of aromatic nitrogens is 2. The SMILES string of the molecule is Cc1nc2c(n1C(C)Cc1ccc(F)cc1)CCNC2. The quantitative estimate of drug-likeness (QED) is 0.932. The minimum absolute atomic E-state index is 0.177. The summed E-state index contributed by atoms with van der Waals surface area (Å²) in [6, 6.07) is 7.14. The number of hydrogen-bond donors (Lipinski definition) is 1. The summed E-state index contributed by atoms with van der Waals surface area (Å²) >= 11 is 0. The zero-order chi connectivity index (χ0) is 14.1. The van der Waals surface area contributed by atoms with Gasteiger partial charge in [0, 0.05) is 31.2 Å². The Balaban J connectivity index is 1.85. The van der Waals surface area contributed by atoms with Gasteiger partial charge in [-0.1, -0.05) is 12.1 Å². The Bertz CT molecular complexity index is 601. The van der Waals surface area contributed by atoms with E-state index in [1.807, 2.05) is 12.1 Å². The average molecular weight is 273 g/mol. The molecule has 0 bridgehead atoms. The molecule has 0 radical (unpaired) electrons. The van der Waals surface area contributed by atoms with Crippen molar-refractivity contribution in [2.45, 2.75) is 39.3 Å². The zero-order valence-electron chi connectivity index (χ0n) is 12.0. The Morgan fingerprint density at radius 1 is 1.35 bits per heavy atom. The summed E-state index contributed by atoms with van der Waals surface area (Å²) in [6.07, 6.45) is 1.93. The van der Waals surface area contributed by atoms with E-state index in [2.05, 4.69) is 28.7 Å². The third kappa shape index (κ3) is 2.48. The van der Waals surface area contributed by atoms with Crippen LogP contribution in [0.25, 0.3) is 0 Å². The minimum atomic E-state index is -0.177. The van der Waals surface area contributed by atoms with Gasteiger partial charge in [-0.2, -0.15) is 0 Å². The largest absolute Gasteiger partial charge is 0.329 e. The Morgan fingerprint density at radius 3 is 2.85 bits per heavy atom. The molecule has 1 atom stereocenters. The molecule has 1 aliphatic rings. The van der Waals surface area contributed by atoms with Gasteiger partial charge in [0.1, 0.15) is 11.6 Å². The molecule has 1 aromatic carbocycles. The normalized spacial score (nSPS) is 15.9. The smallest absolute Gasteiger partial charge is 0.123 e. The molecule has 0 spiro atoms. The molecular weight excluding hydrogens is 253 g/mol. The van der Waals surface area contributed by atoms with E-state index in [0.29, 0.717) is 6.04 Å². The molecular formula is C16H20FN3. The summed E-state index contributed by atoms with van der Waals surface area (Å²) in [7, 11) is 0. The Labute approximate surface area is 118 Å².